The Balaban J connectivity index is 2.15. The van der Waals surface area contributed by atoms with Crippen LogP contribution in [0.25, 0.3) is 0 Å². The van der Waals surface area contributed by atoms with E-state index in [2.05, 4.69) is 12.2 Å². The molecule has 2 aromatic rings. The van der Waals surface area contributed by atoms with Crippen LogP contribution in [-0.4, -0.2) is 11.6 Å². The number of benzene rings is 1. The minimum Gasteiger partial charge on any atom is -0.349 e. The first-order valence-electron chi connectivity index (χ1n) is 6.41. The van der Waals surface area contributed by atoms with Gasteiger partial charge < -0.3 is 9.88 Å². The highest BCUT2D eigenvalue weighted by atomic mass is 19.1. The van der Waals surface area contributed by atoms with Gasteiger partial charge in [-0.25, -0.2) is 8.78 Å². The SMILES string of the molecule is CCC(NC)c1ccn(Cc2ccc(F)cc2F)c1. The van der Waals surface area contributed by atoms with Crippen LogP contribution < -0.4 is 5.32 Å². The molecule has 0 amide bonds. The summed E-state index contributed by atoms with van der Waals surface area (Å²) in [5, 5.41) is 3.23. The van der Waals surface area contributed by atoms with Crippen LogP contribution in [0.15, 0.2) is 36.7 Å². The summed E-state index contributed by atoms with van der Waals surface area (Å²) < 4.78 is 28.3. The summed E-state index contributed by atoms with van der Waals surface area (Å²) in [5.41, 5.74) is 1.66. The molecule has 0 saturated heterocycles. The Labute approximate surface area is 112 Å². The average Bonchev–Trinajstić information content (AvgIpc) is 2.83. The lowest BCUT2D eigenvalue weighted by molar-refractivity contribution is 0.563. The number of nitrogens with one attached hydrogen (secondary N) is 1. The maximum atomic E-state index is 13.6. The summed E-state index contributed by atoms with van der Waals surface area (Å²) >= 11 is 0. The fraction of sp³-hybridized carbons (Fsp3) is 0.333. The third-order valence-corrected chi connectivity index (χ3v) is 3.30. The molecular formula is C15H18F2N2. The largest absolute Gasteiger partial charge is 0.349 e. The number of aromatic nitrogens is 1. The van der Waals surface area contributed by atoms with Gasteiger partial charge in [0.1, 0.15) is 11.6 Å². The van der Waals surface area contributed by atoms with E-state index in [1.165, 1.54) is 17.7 Å². The molecule has 0 saturated carbocycles. The van der Waals surface area contributed by atoms with E-state index in [4.69, 9.17) is 0 Å². The number of rotatable bonds is 5. The number of nitrogens with zero attached hydrogens (tertiary/aromatic N) is 1. The van der Waals surface area contributed by atoms with Gasteiger partial charge in [-0.1, -0.05) is 13.0 Å². The second-order valence-electron chi connectivity index (χ2n) is 4.60. The van der Waals surface area contributed by atoms with Crippen molar-refractivity contribution in [2.24, 2.45) is 0 Å². The van der Waals surface area contributed by atoms with Crippen molar-refractivity contribution in [2.75, 3.05) is 7.05 Å². The Morgan fingerprint density at radius 3 is 2.68 bits per heavy atom. The van der Waals surface area contributed by atoms with Crippen molar-refractivity contribution in [3.8, 4) is 0 Å². The molecule has 1 aromatic carbocycles. The predicted octanol–water partition coefficient (Wildman–Crippen LogP) is 3.49. The zero-order valence-corrected chi connectivity index (χ0v) is 11.2. The predicted molar refractivity (Wildman–Crippen MR) is 72.0 cm³/mol. The van der Waals surface area contributed by atoms with E-state index in [1.807, 2.05) is 30.1 Å². The maximum absolute atomic E-state index is 13.6. The maximum Gasteiger partial charge on any atom is 0.131 e. The molecule has 1 heterocycles. The van der Waals surface area contributed by atoms with Gasteiger partial charge in [0.15, 0.2) is 0 Å². The number of halogens is 2. The molecular weight excluding hydrogens is 246 g/mol. The van der Waals surface area contributed by atoms with Crippen molar-refractivity contribution < 1.29 is 8.78 Å². The monoisotopic (exact) mass is 264 g/mol. The summed E-state index contributed by atoms with van der Waals surface area (Å²) in [4.78, 5) is 0. The van der Waals surface area contributed by atoms with Gasteiger partial charge in [-0.2, -0.15) is 0 Å². The highest BCUT2D eigenvalue weighted by molar-refractivity contribution is 5.21. The van der Waals surface area contributed by atoms with Crippen LogP contribution in [0.3, 0.4) is 0 Å². The van der Waals surface area contributed by atoms with Crippen molar-refractivity contribution in [1.82, 2.24) is 9.88 Å². The van der Waals surface area contributed by atoms with Crippen molar-refractivity contribution >= 4 is 0 Å². The van der Waals surface area contributed by atoms with Gasteiger partial charge >= 0.3 is 0 Å². The van der Waals surface area contributed by atoms with Crippen LogP contribution in [-0.2, 0) is 6.54 Å². The highest BCUT2D eigenvalue weighted by Gasteiger charge is 2.09. The molecule has 2 nitrogen and oxygen atoms in total. The fourth-order valence-electron chi connectivity index (χ4n) is 2.22. The molecule has 0 aliphatic carbocycles. The van der Waals surface area contributed by atoms with E-state index < -0.39 is 11.6 Å². The zero-order valence-electron chi connectivity index (χ0n) is 11.2. The van der Waals surface area contributed by atoms with E-state index in [1.54, 1.807) is 0 Å². The van der Waals surface area contributed by atoms with E-state index in [-0.39, 0.29) is 0 Å². The normalized spacial score (nSPS) is 12.6. The smallest absolute Gasteiger partial charge is 0.131 e. The van der Waals surface area contributed by atoms with Crippen LogP contribution in [0, 0.1) is 11.6 Å². The summed E-state index contributed by atoms with van der Waals surface area (Å²) in [6.45, 7) is 2.52. The van der Waals surface area contributed by atoms with Crippen molar-refractivity contribution in [3.63, 3.8) is 0 Å². The molecule has 1 aromatic heterocycles. The minimum absolute atomic E-state index is 0.305. The van der Waals surface area contributed by atoms with Crippen LogP contribution in [0.4, 0.5) is 8.78 Å². The molecule has 2 rings (SSSR count). The topological polar surface area (TPSA) is 17.0 Å². The fourth-order valence-corrected chi connectivity index (χ4v) is 2.22. The average molecular weight is 264 g/mol. The van der Waals surface area contributed by atoms with Gasteiger partial charge in [0.25, 0.3) is 0 Å². The first-order chi connectivity index (χ1) is 9.13. The van der Waals surface area contributed by atoms with E-state index in [0.29, 0.717) is 18.2 Å². The first kappa shape index (κ1) is 13.7. The molecule has 0 aliphatic rings. The van der Waals surface area contributed by atoms with Gasteiger partial charge in [-0.3, -0.25) is 0 Å². The highest BCUT2D eigenvalue weighted by Crippen LogP contribution is 2.18. The molecule has 1 N–H and O–H groups in total. The Kier molecular flexibility index (Phi) is 4.32. The van der Waals surface area contributed by atoms with Crippen molar-refractivity contribution in [1.29, 1.82) is 0 Å². The lowest BCUT2D eigenvalue weighted by Crippen LogP contribution is -2.14. The summed E-state index contributed by atoms with van der Waals surface area (Å²) in [7, 11) is 1.92. The molecule has 0 bridgehead atoms. The van der Waals surface area contributed by atoms with E-state index >= 15 is 0 Å². The van der Waals surface area contributed by atoms with Gasteiger partial charge in [0.05, 0.1) is 0 Å². The molecule has 0 fully saturated rings. The molecule has 1 unspecified atom stereocenters. The van der Waals surface area contributed by atoms with Crippen LogP contribution in [0.5, 0.6) is 0 Å². The van der Waals surface area contributed by atoms with Gasteiger partial charge in [0, 0.05) is 36.6 Å². The molecule has 1 atom stereocenters. The lowest BCUT2D eigenvalue weighted by atomic mass is 10.1. The summed E-state index contributed by atoms with van der Waals surface area (Å²) in [5.74, 6) is -1.05. The van der Waals surface area contributed by atoms with E-state index in [9.17, 15) is 8.78 Å². The lowest BCUT2D eigenvalue weighted by Gasteiger charge is -2.11. The Bertz CT molecular complexity index is 545. The second kappa shape index (κ2) is 5.97. The summed E-state index contributed by atoms with van der Waals surface area (Å²) in [6, 6.07) is 6.01. The Morgan fingerprint density at radius 1 is 1.26 bits per heavy atom. The van der Waals surface area contributed by atoms with Gasteiger partial charge in [0.2, 0.25) is 0 Å². The molecule has 102 valence electrons. The quantitative estimate of drug-likeness (QED) is 0.874. The molecule has 0 aliphatic heterocycles. The molecule has 19 heavy (non-hydrogen) atoms. The standard InChI is InChI=1S/C15H18F2N2/c1-3-15(18-2)12-6-7-19(10-12)9-11-4-5-13(16)8-14(11)17/h4-8,10,15,18H,3,9H2,1-2H3. The zero-order chi connectivity index (χ0) is 13.8. The number of hydrogen-bond acceptors (Lipinski definition) is 1. The Hall–Kier alpha value is -1.68. The van der Waals surface area contributed by atoms with E-state index in [0.717, 1.165) is 12.5 Å². The van der Waals surface area contributed by atoms with Crippen LogP contribution in [0.2, 0.25) is 0 Å². The van der Waals surface area contributed by atoms with Gasteiger partial charge in [-0.05, 0) is 31.2 Å². The molecule has 4 heteroatoms. The van der Waals surface area contributed by atoms with Gasteiger partial charge in [-0.15, -0.1) is 0 Å². The van der Waals surface area contributed by atoms with Crippen LogP contribution in [0.1, 0.15) is 30.5 Å². The second-order valence-corrected chi connectivity index (χ2v) is 4.60. The minimum atomic E-state index is -0.546. The third kappa shape index (κ3) is 3.20. The third-order valence-electron chi connectivity index (χ3n) is 3.30. The molecule has 0 spiro atoms. The van der Waals surface area contributed by atoms with Crippen molar-refractivity contribution in [2.45, 2.75) is 25.9 Å². The first-order valence-corrected chi connectivity index (χ1v) is 6.41. The molecule has 0 radical (unpaired) electrons. The Morgan fingerprint density at radius 2 is 2.05 bits per heavy atom. The number of hydrogen-bond donors (Lipinski definition) is 1. The summed E-state index contributed by atoms with van der Waals surface area (Å²) in [6.07, 6.45) is 4.90. The van der Waals surface area contributed by atoms with Crippen LogP contribution >= 0.6 is 0 Å². The van der Waals surface area contributed by atoms with Crippen molar-refractivity contribution in [3.05, 3.63) is 59.4 Å².